The zero-order valence-electron chi connectivity index (χ0n) is 11.1. The molecule has 0 radical (unpaired) electrons. The van der Waals surface area contributed by atoms with Crippen LogP contribution < -0.4 is 4.74 Å². The SMILES string of the molecule is O=C(O)C1(c2cccc(OC3CCC3)c2)CCCC1. The first-order valence-corrected chi connectivity index (χ1v) is 7.21. The Balaban J connectivity index is 1.86. The summed E-state index contributed by atoms with van der Waals surface area (Å²) < 4.78 is 5.88. The lowest BCUT2D eigenvalue weighted by molar-refractivity contribution is -0.143. The van der Waals surface area contributed by atoms with E-state index >= 15 is 0 Å². The van der Waals surface area contributed by atoms with E-state index in [1.807, 2.05) is 24.3 Å². The van der Waals surface area contributed by atoms with Crippen molar-refractivity contribution in [2.45, 2.75) is 56.5 Å². The van der Waals surface area contributed by atoms with Crippen LogP contribution in [0.2, 0.25) is 0 Å². The number of carboxylic acids is 1. The van der Waals surface area contributed by atoms with Gasteiger partial charge in [-0.05, 0) is 49.8 Å². The predicted molar refractivity (Wildman–Crippen MR) is 72.5 cm³/mol. The van der Waals surface area contributed by atoms with Gasteiger partial charge in [-0.3, -0.25) is 4.79 Å². The fraction of sp³-hybridized carbons (Fsp3) is 0.562. The maximum absolute atomic E-state index is 11.7. The smallest absolute Gasteiger partial charge is 0.314 e. The summed E-state index contributed by atoms with van der Waals surface area (Å²) in [5.41, 5.74) is 0.230. The summed E-state index contributed by atoms with van der Waals surface area (Å²) in [5.74, 6) is 0.139. The van der Waals surface area contributed by atoms with Gasteiger partial charge < -0.3 is 9.84 Å². The van der Waals surface area contributed by atoms with E-state index in [1.165, 1.54) is 6.42 Å². The van der Waals surface area contributed by atoms with Crippen molar-refractivity contribution >= 4 is 5.97 Å². The Hall–Kier alpha value is -1.51. The molecule has 0 bridgehead atoms. The van der Waals surface area contributed by atoms with Gasteiger partial charge in [0.1, 0.15) is 5.75 Å². The third-order valence-corrected chi connectivity index (χ3v) is 4.61. The molecular weight excluding hydrogens is 240 g/mol. The second-order valence-corrected chi connectivity index (χ2v) is 5.79. The molecule has 0 spiro atoms. The predicted octanol–water partition coefficient (Wildman–Crippen LogP) is 3.51. The first-order chi connectivity index (χ1) is 9.21. The minimum atomic E-state index is -0.689. The highest BCUT2D eigenvalue weighted by Gasteiger charge is 2.43. The lowest BCUT2D eigenvalue weighted by Gasteiger charge is -2.28. The zero-order valence-corrected chi connectivity index (χ0v) is 11.1. The molecule has 0 saturated heterocycles. The Bertz CT molecular complexity index is 471. The number of aliphatic carboxylic acids is 1. The molecule has 0 aromatic heterocycles. The highest BCUT2D eigenvalue weighted by Crippen LogP contribution is 2.42. The molecule has 3 heteroatoms. The van der Waals surface area contributed by atoms with Gasteiger partial charge in [0.2, 0.25) is 0 Å². The molecule has 0 heterocycles. The molecule has 102 valence electrons. The normalized spacial score (nSPS) is 21.9. The van der Waals surface area contributed by atoms with Crippen LogP contribution in [0.1, 0.15) is 50.5 Å². The largest absolute Gasteiger partial charge is 0.490 e. The Morgan fingerprint density at radius 2 is 1.95 bits per heavy atom. The fourth-order valence-corrected chi connectivity index (χ4v) is 3.15. The van der Waals surface area contributed by atoms with E-state index in [4.69, 9.17) is 4.74 Å². The molecule has 3 rings (SSSR count). The van der Waals surface area contributed by atoms with Crippen LogP contribution in [0.25, 0.3) is 0 Å². The summed E-state index contributed by atoms with van der Waals surface area (Å²) in [5, 5.41) is 9.61. The molecule has 1 N–H and O–H groups in total. The summed E-state index contributed by atoms with van der Waals surface area (Å²) in [6, 6.07) is 7.74. The van der Waals surface area contributed by atoms with Crippen LogP contribution in [-0.4, -0.2) is 17.2 Å². The van der Waals surface area contributed by atoms with Gasteiger partial charge in [-0.1, -0.05) is 25.0 Å². The van der Waals surface area contributed by atoms with Gasteiger partial charge in [-0.15, -0.1) is 0 Å². The molecule has 2 aliphatic rings. The fourth-order valence-electron chi connectivity index (χ4n) is 3.15. The number of benzene rings is 1. The van der Waals surface area contributed by atoms with E-state index in [0.717, 1.165) is 49.8 Å². The van der Waals surface area contributed by atoms with Gasteiger partial charge in [0.05, 0.1) is 11.5 Å². The minimum Gasteiger partial charge on any atom is -0.490 e. The van der Waals surface area contributed by atoms with Gasteiger partial charge >= 0.3 is 5.97 Å². The molecule has 3 nitrogen and oxygen atoms in total. The Kier molecular flexibility index (Phi) is 3.21. The van der Waals surface area contributed by atoms with E-state index in [0.29, 0.717) is 6.10 Å². The number of rotatable bonds is 4. The van der Waals surface area contributed by atoms with Crippen molar-refractivity contribution in [3.8, 4) is 5.75 Å². The molecule has 0 unspecified atom stereocenters. The lowest BCUT2D eigenvalue weighted by Crippen LogP contribution is -2.32. The topological polar surface area (TPSA) is 46.5 Å². The summed E-state index contributed by atoms with van der Waals surface area (Å²) in [4.78, 5) is 11.7. The maximum Gasteiger partial charge on any atom is 0.314 e. The zero-order chi connectivity index (χ0) is 13.3. The van der Waals surface area contributed by atoms with Gasteiger partial charge in [0, 0.05) is 0 Å². The average molecular weight is 260 g/mol. The van der Waals surface area contributed by atoms with E-state index in [1.54, 1.807) is 0 Å². The highest BCUT2D eigenvalue weighted by atomic mass is 16.5. The Morgan fingerprint density at radius 1 is 1.21 bits per heavy atom. The molecule has 2 saturated carbocycles. The third-order valence-electron chi connectivity index (χ3n) is 4.61. The molecule has 0 aliphatic heterocycles. The van der Waals surface area contributed by atoms with Crippen LogP contribution in [0, 0.1) is 0 Å². The van der Waals surface area contributed by atoms with E-state index < -0.39 is 11.4 Å². The standard InChI is InChI=1S/C16H20O3/c17-15(18)16(9-1-2-10-16)12-5-3-8-14(11-12)19-13-6-4-7-13/h3,5,8,11,13H,1-2,4,6-7,9-10H2,(H,17,18). The van der Waals surface area contributed by atoms with Crippen molar-refractivity contribution in [2.24, 2.45) is 0 Å². The first kappa shape index (κ1) is 12.5. The summed E-state index contributed by atoms with van der Waals surface area (Å²) in [6.07, 6.45) is 7.30. The summed E-state index contributed by atoms with van der Waals surface area (Å²) in [6.45, 7) is 0. The van der Waals surface area contributed by atoms with Gasteiger partial charge in [-0.25, -0.2) is 0 Å². The van der Waals surface area contributed by atoms with E-state index in [-0.39, 0.29) is 0 Å². The molecular formula is C16H20O3. The van der Waals surface area contributed by atoms with Crippen molar-refractivity contribution in [3.05, 3.63) is 29.8 Å². The molecule has 19 heavy (non-hydrogen) atoms. The quantitative estimate of drug-likeness (QED) is 0.901. The number of hydrogen-bond acceptors (Lipinski definition) is 2. The van der Waals surface area contributed by atoms with Crippen LogP contribution in [0.4, 0.5) is 0 Å². The molecule has 0 atom stereocenters. The van der Waals surface area contributed by atoms with Crippen LogP contribution in [-0.2, 0) is 10.2 Å². The number of carboxylic acid groups (broad SMARTS) is 1. The highest BCUT2D eigenvalue weighted by molar-refractivity contribution is 5.82. The summed E-state index contributed by atoms with van der Waals surface area (Å²) in [7, 11) is 0. The monoisotopic (exact) mass is 260 g/mol. The number of ether oxygens (including phenoxy) is 1. The molecule has 0 amide bonds. The first-order valence-electron chi connectivity index (χ1n) is 7.21. The van der Waals surface area contributed by atoms with Crippen LogP contribution in [0.5, 0.6) is 5.75 Å². The second kappa shape index (κ2) is 4.87. The van der Waals surface area contributed by atoms with Gasteiger partial charge in [-0.2, -0.15) is 0 Å². The maximum atomic E-state index is 11.7. The molecule has 2 aliphatic carbocycles. The van der Waals surface area contributed by atoms with Crippen molar-refractivity contribution in [3.63, 3.8) is 0 Å². The van der Waals surface area contributed by atoms with Crippen molar-refractivity contribution in [1.82, 2.24) is 0 Å². The number of hydrogen-bond donors (Lipinski definition) is 1. The van der Waals surface area contributed by atoms with Crippen LogP contribution in [0.15, 0.2) is 24.3 Å². The Morgan fingerprint density at radius 3 is 2.53 bits per heavy atom. The van der Waals surface area contributed by atoms with Gasteiger partial charge in [0.25, 0.3) is 0 Å². The molecule has 1 aromatic rings. The Labute approximate surface area is 113 Å². The third kappa shape index (κ3) is 2.22. The summed E-state index contributed by atoms with van der Waals surface area (Å²) >= 11 is 0. The van der Waals surface area contributed by atoms with Crippen molar-refractivity contribution in [1.29, 1.82) is 0 Å². The van der Waals surface area contributed by atoms with E-state index in [2.05, 4.69) is 0 Å². The van der Waals surface area contributed by atoms with E-state index in [9.17, 15) is 9.90 Å². The van der Waals surface area contributed by atoms with Crippen molar-refractivity contribution in [2.75, 3.05) is 0 Å². The van der Waals surface area contributed by atoms with Crippen LogP contribution in [0.3, 0.4) is 0 Å². The molecule has 2 fully saturated rings. The number of carbonyl (C=O) groups is 1. The van der Waals surface area contributed by atoms with Gasteiger partial charge in [0.15, 0.2) is 0 Å². The van der Waals surface area contributed by atoms with Crippen molar-refractivity contribution < 1.29 is 14.6 Å². The minimum absolute atomic E-state index is 0.333. The molecule has 1 aromatic carbocycles. The second-order valence-electron chi connectivity index (χ2n) is 5.79. The lowest BCUT2D eigenvalue weighted by atomic mass is 9.79. The average Bonchev–Trinajstić information content (AvgIpc) is 2.85. The van der Waals surface area contributed by atoms with Crippen LogP contribution >= 0.6 is 0 Å².